The molecule has 2 N–H and O–H groups in total. The van der Waals surface area contributed by atoms with Gasteiger partial charge >= 0.3 is 0 Å². The summed E-state index contributed by atoms with van der Waals surface area (Å²) >= 11 is 1.81. The highest BCUT2D eigenvalue weighted by Gasteiger charge is 2.05. The van der Waals surface area contributed by atoms with E-state index in [0.717, 1.165) is 17.0 Å². The van der Waals surface area contributed by atoms with Crippen molar-refractivity contribution < 1.29 is 0 Å². The van der Waals surface area contributed by atoms with Crippen LogP contribution in [0.4, 0.5) is 5.69 Å². The van der Waals surface area contributed by atoms with E-state index >= 15 is 0 Å². The number of aryl methyl sites for hydroxylation is 1. The molecule has 2 aromatic carbocycles. The van der Waals surface area contributed by atoms with Gasteiger partial charge in [0.2, 0.25) is 0 Å². The van der Waals surface area contributed by atoms with Crippen molar-refractivity contribution >= 4 is 28.4 Å². The van der Waals surface area contributed by atoms with Crippen molar-refractivity contribution in [1.29, 1.82) is 0 Å². The molecule has 1 aromatic heterocycles. The van der Waals surface area contributed by atoms with Crippen LogP contribution in [0.5, 0.6) is 0 Å². The summed E-state index contributed by atoms with van der Waals surface area (Å²) in [5.41, 5.74) is 10.3. The van der Waals surface area contributed by atoms with Crippen molar-refractivity contribution in [2.24, 2.45) is 0 Å². The molecule has 0 saturated heterocycles. The lowest BCUT2D eigenvalue weighted by atomic mass is 10.1. The van der Waals surface area contributed by atoms with E-state index in [0.29, 0.717) is 0 Å². The van der Waals surface area contributed by atoms with Crippen LogP contribution >= 0.6 is 11.8 Å². The second-order valence-corrected chi connectivity index (χ2v) is 5.82. The first-order valence-corrected chi connectivity index (χ1v) is 7.54. The number of thioether (sulfide) groups is 1. The lowest BCUT2D eigenvalue weighted by Crippen LogP contribution is -1.90. The number of fused-ring (bicyclic) bond motifs is 1. The largest absolute Gasteiger partial charge is 0.399 e. The summed E-state index contributed by atoms with van der Waals surface area (Å²) < 4.78 is 0. The van der Waals surface area contributed by atoms with Gasteiger partial charge in [-0.2, -0.15) is 0 Å². The standard InChI is InChI=1S/C17H16N2S/c1-12-7-8-15(18)10-16(12)20-11-14-5-2-4-13-6-3-9-19-17(13)14/h2-10H,11,18H2,1H3. The van der Waals surface area contributed by atoms with Crippen LogP contribution in [0.2, 0.25) is 0 Å². The number of nitrogens with zero attached hydrogens (tertiary/aromatic N) is 1. The van der Waals surface area contributed by atoms with Gasteiger partial charge in [0.1, 0.15) is 0 Å². The first-order chi connectivity index (χ1) is 9.74. The molecule has 0 aliphatic carbocycles. The van der Waals surface area contributed by atoms with Gasteiger partial charge < -0.3 is 5.73 Å². The fourth-order valence-electron chi connectivity index (χ4n) is 2.21. The van der Waals surface area contributed by atoms with Gasteiger partial charge in [0.15, 0.2) is 0 Å². The van der Waals surface area contributed by atoms with Gasteiger partial charge in [-0.3, -0.25) is 4.98 Å². The Morgan fingerprint density at radius 2 is 1.95 bits per heavy atom. The molecule has 2 nitrogen and oxygen atoms in total. The minimum Gasteiger partial charge on any atom is -0.399 e. The minimum atomic E-state index is 0.814. The van der Waals surface area contributed by atoms with Crippen LogP contribution < -0.4 is 5.73 Å². The van der Waals surface area contributed by atoms with Gasteiger partial charge in [0.05, 0.1) is 5.52 Å². The van der Waals surface area contributed by atoms with E-state index in [9.17, 15) is 0 Å². The van der Waals surface area contributed by atoms with Crippen LogP contribution in [0.25, 0.3) is 10.9 Å². The number of hydrogen-bond acceptors (Lipinski definition) is 3. The summed E-state index contributed by atoms with van der Waals surface area (Å²) in [5.74, 6) is 0.901. The molecule has 20 heavy (non-hydrogen) atoms. The van der Waals surface area contributed by atoms with Gasteiger partial charge in [-0.05, 0) is 36.2 Å². The molecule has 3 rings (SSSR count). The van der Waals surface area contributed by atoms with E-state index in [2.05, 4.69) is 42.2 Å². The quantitative estimate of drug-likeness (QED) is 0.570. The van der Waals surface area contributed by atoms with E-state index in [1.165, 1.54) is 21.4 Å². The number of benzene rings is 2. The van der Waals surface area contributed by atoms with Gasteiger partial charge in [-0.1, -0.05) is 30.3 Å². The van der Waals surface area contributed by atoms with Crippen molar-refractivity contribution in [3.8, 4) is 0 Å². The average molecular weight is 280 g/mol. The predicted molar refractivity (Wildman–Crippen MR) is 86.9 cm³/mol. The van der Waals surface area contributed by atoms with Crippen molar-refractivity contribution in [3.63, 3.8) is 0 Å². The van der Waals surface area contributed by atoms with E-state index in [1.54, 1.807) is 0 Å². The molecule has 3 heteroatoms. The van der Waals surface area contributed by atoms with Crippen LogP contribution in [-0.2, 0) is 5.75 Å². The number of anilines is 1. The Morgan fingerprint density at radius 3 is 2.85 bits per heavy atom. The van der Waals surface area contributed by atoms with E-state index in [1.807, 2.05) is 36.2 Å². The maximum Gasteiger partial charge on any atom is 0.0742 e. The molecule has 0 radical (unpaired) electrons. The minimum absolute atomic E-state index is 0.814. The van der Waals surface area contributed by atoms with E-state index in [-0.39, 0.29) is 0 Å². The van der Waals surface area contributed by atoms with Crippen LogP contribution in [0.3, 0.4) is 0 Å². The van der Waals surface area contributed by atoms with Gasteiger partial charge in [0.25, 0.3) is 0 Å². The third-order valence-electron chi connectivity index (χ3n) is 3.31. The van der Waals surface area contributed by atoms with Crippen LogP contribution in [0, 0.1) is 6.92 Å². The summed E-state index contributed by atoms with van der Waals surface area (Å²) in [6.45, 7) is 2.11. The molecular weight excluding hydrogens is 264 g/mol. The van der Waals surface area contributed by atoms with Crippen LogP contribution in [0.1, 0.15) is 11.1 Å². The molecule has 3 aromatic rings. The van der Waals surface area contributed by atoms with E-state index < -0.39 is 0 Å². The van der Waals surface area contributed by atoms with Crippen molar-refractivity contribution in [2.45, 2.75) is 17.6 Å². The maximum absolute atomic E-state index is 5.86. The fourth-order valence-corrected chi connectivity index (χ4v) is 3.27. The summed E-state index contributed by atoms with van der Waals surface area (Å²) in [6, 6.07) is 16.5. The van der Waals surface area contributed by atoms with Gasteiger partial charge in [-0.25, -0.2) is 0 Å². The van der Waals surface area contributed by atoms with E-state index in [4.69, 9.17) is 5.73 Å². The Labute approximate surface area is 123 Å². The number of hydrogen-bond donors (Lipinski definition) is 1. The second kappa shape index (κ2) is 5.55. The number of para-hydroxylation sites is 1. The van der Waals surface area contributed by atoms with Crippen LogP contribution in [0.15, 0.2) is 59.6 Å². The molecule has 1 heterocycles. The number of rotatable bonds is 3. The molecule has 0 saturated carbocycles. The highest BCUT2D eigenvalue weighted by Crippen LogP contribution is 2.29. The first-order valence-electron chi connectivity index (χ1n) is 6.55. The Morgan fingerprint density at radius 1 is 1.10 bits per heavy atom. The highest BCUT2D eigenvalue weighted by molar-refractivity contribution is 7.98. The number of aromatic nitrogens is 1. The molecule has 0 bridgehead atoms. The Kier molecular flexibility index (Phi) is 3.61. The monoisotopic (exact) mass is 280 g/mol. The number of nitrogens with two attached hydrogens (primary N) is 1. The topological polar surface area (TPSA) is 38.9 Å². The first kappa shape index (κ1) is 13.0. The summed E-state index contributed by atoms with van der Waals surface area (Å²) in [4.78, 5) is 5.73. The molecule has 100 valence electrons. The molecule has 0 amide bonds. The smallest absolute Gasteiger partial charge is 0.0742 e. The molecule has 0 atom stereocenters. The highest BCUT2D eigenvalue weighted by atomic mass is 32.2. The Balaban J connectivity index is 1.89. The normalized spacial score (nSPS) is 10.8. The zero-order valence-electron chi connectivity index (χ0n) is 11.3. The Bertz CT molecular complexity index is 748. The molecule has 0 spiro atoms. The molecular formula is C17H16N2S. The fraction of sp³-hybridized carbons (Fsp3) is 0.118. The van der Waals surface area contributed by atoms with Gasteiger partial charge in [-0.15, -0.1) is 11.8 Å². The number of pyridine rings is 1. The molecule has 0 fully saturated rings. The van der Waals surface area contributed by atoms with Crippen molar-refractivity contribution in [3.05, 3.63) is 65.9 Å². The van der Waals surface area contributed by atoms with Gasteiger partial charge in [0, 0.05) is 27.9 Å². The lowest BCUT2D eigenvalue weighted by Gasteiger charge is -2.08. The zero-order chi connectivity index (χ0) is 13.9. The lowest BCUT2D eigenvalue weighted by molar-refractivity contribution is 1.29. The average Bonchev–Trinajstić information content (AvgIpc) is 2.48. The van der Waals surface area contributed by atoms with Crippen molar-refractivity contribution in [1.82, 2.24) is 4.98 Å². The Hall–Kier alpha value is -2.00. The third kappa shape index (κ3) is 2.63. The third-order valence-corrected chi connectivity index (χ3v) is 4.52. The predicted octanol–water partition coefficient (Wildman–Crippen LogP) is 4.42. The summed E-state index contributed by atoms with van der Waals surface area (Å²) in [6.07, 6.45) is 1.85. The summed E-state index contributed by atoms with van der Waals surface area (Å²) in [7, 11) is 0. The number of nitrogen functional groups attached to an aromatic ring is 1. The zero-order valence-corrected chi connectivity index (χ0v) is 12.2. The van der Waals surface area contributed by atoms with Crippen LogP contribution in [-0.4, -0.2) is 4.98 Å². The van der Waals surface area contributed by atoms with Crippen molar-refractivity contribution in [2.75, 3.05) is 5.73 Å². The maximum atomic E-state index is 5.86. The molecule has 0 unspecified atom stereocenters. The SMILES string of the molecule is Cc1ccc(N)cc1SCc1cccc2cccnc12. The summed E-state index contributed by atoms with van der Waals surface area (Å²) in [5, 5.41) is 1.19. The second-order valence-electron chi connectivity index (χ2n) is 4.81. The molecule has 0 aliphatic rings. The molecule has 0 aliphatic heterocycles.